The first-order valence-corrected chi connectivity index (χ1v) is 6.20. The van der Waals surface area contributed by atoms with E-state index in [2.05, 4.69) is 45.8 Å². The Kier molecular flexibility index (Phi) is 3.24. The van der Waals surface area contributed by atoms with Crippen molar-refractivity contribution in [3.63, 3.8) is 0 Å². The molecule has 0 spiro atoms. The summed E-state index contributed by atoms with van der Waals surface area (Å²) in [7, 11) is 1.68. The van der Waals surface area contributed by atoms with Crippen molar-refractivity contribution < 1.29 is 4.74 Å². The largest absolute Gasteiger partial charge is 0.496 e. The van der Waals surface area contributed by atoms with Gasteiger partial charge in [-0.25, -0.2) is 4.98 Å². The Balaban J connectivity index is 2.66. The molecular formula is C13H15BrN2O. The predicted molar refractivity (Wildman–Crippen MR) is 72.5 cm³/mol. The van der Waals surface area contributed by atoms with E-state index in [1.54, 1.807) is 7.11 Å². The fraction of sp³-hybridized carbons (Fsp3) is 0.308. The van der Waals surface area contributed by atoms with Crippen LogP contribution >= 0.6 is 15.9 Å². The van der Waals surface area contributed by atoms with Gasteiger partial charge in [-0.15, -0.1) is 0 Å². The number of aromatic amines is 1. The summed E-state index contributed by atoms with van der Waals surface area (Å²) in [5.74, 6) is 1.73. The van der Waals surface area contributed by atoms with Crippen LogP contribution in [0.1, 0.15) is 17.0 Å². The Hall–Kier alpha value is -1.29. The highest BCUT2D eigenvalue weighted by molar-refractivity contribution is 9.10. The maximum Gasteiger partial charge on any atom is 0.128 e. The van der Waals surface area contributed by atoms with Gasteiger partial charge in [0.25, 0.3) is 0 Å². The molecule has 0 amide bonds. The molecule has 90 valence electrons. The maximum atomic E-state index is 5.43. The Morgan fingerprint density at radius 2 is 1.82 bits per heavy atom. The lowest BCUT2D eigenvalue weighted by molar-refractivity contribution is 0.416. The fourth-order valence-corrected chi connectivity index (χ4v) is 2.37. The van der Waals surface area contributed by atoms with Gasteiger partial charge in [-0.2, -0.15) is 0 Å². The van der Waals surface area contributed by atoms with Crippen LogP contribution in [0.3, 0.4) is 0 Å². The summed E-state index contributed by atoms with van der Waals surface area (Å²) in [5, 5.41) is 0. The molecule has 1 aromatic carbocycles. The van der Waals surface area contributed by atoms with Crippen molar-refractivity contribution >= 4 is 15.9 Å². The molecule has 1 aromatic heterocycles. The number of rotatable bonds is 2. The SMILES string of the molecule is COc1cc(C)c(C)cc1-c1nc(C)[nH]c1Br. The molecule has 1 heterocycles. The summed E-state index contributed by atoms with van der Waals surface area (Å²) in [6, 6.07) is 4.15. The number of hydrogen-bond acceptors (Lipinski definition) is 2. The van der Waals surface area contributed by atoms with Gasteiger partial charge in [0, 0.05) is 5.56 Å². The standard InChI is InChI=1S/C13H15BrN2O/c1-7-5-10(11(17-4)6-8(7)2)12-13(14)16-9(3)15-12/h5-6H,1-4H3,(H,15,16). The van der Waals surface area contributed by atoms with Gasteiger partial charge in [-0.1, -0.05) is 0 Å². The van der Waals surface area contributed by atoms with Crippen LogP contribution in [0.25, 0.3) is 11.3 Å². The lowest BCUT2D eigenvalue weighted by Crippen LogP contribution is -1.92. The second-order valence-electron chi connectivity index (χ2n) is 4.12. The van der Waals surface area contributed by atoms with Crippen molar-refractivity contribution in [2.45, 2.75) is 20.8 Å². The van der Waals surface area contributed by atoms with Crippen molar-refractivity contribution in [2.24, 2.45) is 0 Å². The van der Waals surface area contributed by atoms with Gasteiger partial charge in [-0.3, -0.25) is 0 Å². The van der Waals surface area contributed by atoms with E-state index in [0.29, 0.717) is 0 Å². The molecule has 17 heavy (non-hydrogen) atoms. The van der Waals surface area contributed by atoms with Crippen LogP contribution in [0.4, 0.5) is 0 Å². The van der Waals surface area contributed by atoms with Crippen molar-refractivity contribution in [2.75, 3.05) is 7.11 Å². The molecule has 0 saturated heterocycles. The number of ether oxygens (including phenoxy) is 1. The lowest BCUT2D eigenvalue weighted by Gasteiger charge is -2.10. The molecule has 2 rings (SSSR count). The molecule has 0 aliphatic rings. The van der Waals surface area contributed by atoms with Crippen molar-refractivity contribution in [1.29, 1.82) is 0 Å². The molecule has 4 heteroatoms. The van der Waals surface area contributed by atoms with E-state index in [1.807, 2.05) is 13.0 Å². The minimum atomic E-state index is 0.848. The monoisotopic (exact) mass is 294 g/mol. The Morgan fingerprint density at radius 3 is 2.35 bits per heavy atom. The number of aromatic nitrogens is 2. The van der Waals surface area contributed by atoms with Crippen LogP contribution in [-0.4, -0.2) is 17.1 Å². The Morgan fingerprint density at radius 1 is 1.18 bits per heavy atom. The fourth-order valence-electron chi connectivity index (χ4n) is 1.78. The minimum absolute atomic E-state index is 0.848. The zero-order valence-electron chi connectivity index (χ0n) is 10.4. The van der Waals surface area contributed by atoms with E-state index in [0.717, 1.165) is 27.4 Å². The summed E-state index contributed by atoms with van der Waals surface area (Å²) < 4.78 is 6.31. The number of aryl methyl sites for hydroxylation is 3. The molecule has 0 unspecified atom stereocenters. The minimum Gasteiger partial charge on any atom is -0.496 e. The van der Waals surface area contributed by atoms with Crippen molar-refractivity contribution in [3.05, 3.63) is 33.7 Å². The zero-order chi connectivity index (χ0) is 12.6. The highest BCUT2D eigenvalue weighted by Crippen LogP contribution is 2.35. The number of benzene rings is 1. The number of imidazole rings is 1. The summed E-state index contributed by atoms with van der Waals surface area (Å²) >= 11 is 3.49. The van der Waals surface area contributed by atoms with Crippen molar-refractivity contribution in [3.8, 4) is 17.0 Å². The molecule has 0 fully saturated rings. The Bertz CT molecular complexity index is 561. The number of nitrogens with zero attached hydrogens (tertiary/aromatic N) is 1. The normalized spacial score (nSPS) is 10.6. The van der Waals surface area contributed by atoms with E-state index < -0.39 is 0 Å². The molecule has 2 aromatic rings. The van der Waals surface area contributed by atoms with E-state index >= 15 is 0 Å². The second-order valence-corrected chi connectivity index (χ2v) is 4.91. The molecule has 0 radical (unpaired) electrons. The van der Waals surface area contributed by atoms with E-state index in [9.17, 15) is 0 Å². The Labute approximate surface area is 109 Å². The summed E-state index contributed by atoms with van der Waals surface area (Å²) in [5.41, 5.74) is 4.34. The third-order valence-corrected chi connectivity index (χ3v) is 3.42. The summed E-state index contributed by atoms with van der Waals surface area (Å²) in [4.78, 5) is 7.62. The maximum absolute atomic E-state index is 5.43. The van der Waals surface area contributed by atoms with Gasteiger partial charge in [0.1, 0.15) is 21.9 Å². The van der Waals surface area contributed by atoms with Crippen LogP contribution in [-0.2, 0) is 0 Å². The smallest absolute Gasteiger partial charge is 0.128 e. The second kappa shape index (κ2) is 4.53. The van der Waals surface area contributed by atoms with Gasteiger partial charge in [0.05, 0.1) is 7.11 Å². The van der Waals surface area contributed by atoms with Gasteiger partial charge in [-0.05, 0) is 60.0 Å². The lowest BCUT2D eigenvalue weighted by atomic mass is 10.0. The summed E-state index contributed by atoms with van der Waals surface area (Å²) in [6.45, 7) is 6.10. The van der Waals surface area contributed by atoms with Crippen molar-refractivity contribution in [1.82, 2.24) is 9.97 Å². The van der Waals surface area contributed by atoms with Crippen LogP contribution < -0.4 is 4.74 Å². The first-order chi connectivity index (χ1) is 8.02. The quantitative estimate of drug-likeness (QED) is 0.915. The average Bonchev–Trinajstić information content (AvgIpc) is 2.61. The van der Waals surface area contributed by atoms with Crippen LogP contribution in [0, 0.1) is 20.8 Å². The number of H-pyrrole nitrogens is 1. The van der Waals surface area contributed by atoms with Crippen LogP contribution in [0.5, 0.6) is 5.75 Å². The molecule has 0 aliphatic carbocycles. The van der Waals surface area contributed by atoms with Gasteiger partial charge < -0.3 is 9.72 Å². The average molecular weight is 295 g/mol. The van der Waals surface area contributed by atoms with Gasteiger partial charge >= 0.3 is 0 Å². The molecule has 0 bridgehead atoms. The highest BCUT2D eigenvalue weighted by atomic mass is 79.9. The highest BCUT2D eigenvalue weighted by Gasteiger charge is 2.14. The van der Waals surface area contributed by atoms with E-state index in [-0.39, 0.29) is 0 Å². The molecule has 0 atom stereocenters. The third kappa shape index (κ3) is 2.22. The first-order valence-electron chi connectivity index (χ1n) is 5.40. The molecule has 1 N–H and O–H groups in total. The molecular weight excluding hydrogens is 280 g/mol. The molecule has 3 nitrogen and oxygen atoms in total. The van der Waals surface area contributed by atoms with Crippen LogP contribution in [0.2, 0.25) is 0 Å². The first kappa shape index (κ1) is 12.2. The number of hydrogen-bond donors (Lipinski definition) is 1. The van der Waals surface area contributed by atoms with Crippen LogP contribution in [0.15, 0.2) is 16.7 Å². The summed E-state index contributed by atoms with van der Waals surface area (Å²) in [6.07, 6.45) is 0. The number of nitrogens with one attached hydrogen (secondary N) is 1. The zero-order valence-corrected chi connectivity index (χ0v) is 12.0. The molecule has 0 saturated carbocycles. The van der Waals surface area contributed by atoms with Gasteiger partial charge in [0.15, 0.2) is 0 Å². The predicted octanol–water partition coefficient (Wildman–Crippen LogP) is 3.77. The van der Waals surface area contributed by atoms with E-state index in [1.165, 1.54) is 11.1 Å². The number of halogens is 1. The number of methoxy groups -OCH3 is 1. The topological polar surface area (TPSA) is 37.9 Å². The van der Waals surface area contributed by atoms with E-state index in [4.69, 9.17) is 4.74 Å². The third-order valence-electron chi connectivity index (χ3n) is 2.85. The van der Waals surface area contributed by atoms with Gasteiger partial charge in [0.2, 0.25) is 0 Å². The molecule has 0 aliphatic heterocycles.